The van der Waals surface area contributed by atoms with Crippen LogP contribution in [0.4, 0.5) is 0 Å². The van der Waals surface area contributed by atoms with E-state index >= 15 is 0 Å². The molecule has 0 saturated heterocycles. The Morgan fingerprint density at radius 3 is 2.60 bits per heavy atom. The lowest BCUT2D eigenvalue weighted by Gasteiger charge is -2.31. The quantitative estimate of drug-likeness (QED) is 0.626. The van der Waals surface area contributed by atoms with Crippen LogP contribution in [0.25, 0.3) is 0 Å². The molecule has 1 saturated carbocycles. The largest absolute Gasteiger partial charge is 0.383 e. The Hall–Kier alpha value is -1.60. The highest BCUT2D eigenvalue weighted by Crippen LogP contribution is 2.29. The summed E-state index contributed by atoms with van der Waals surface area (Å²) in [6, 6.07) is 6.88. The first-order valence-electron chi connectivity index (χ1n) is 8.63. The van der Waals surface area contributed by atoms with Crippen LogP contribution in [0.1, 0.15) is 38.7 Å². The van der Waals surface area contributed by atoms with Gasteiger partial charge in [0.1, 0.15) is 5.75 Å². The summed E-state index contributed by atoms with van der Waals surface area (Å²) in [7, 11) is -2.03. The normalized spacial score (nSPS) is 15.0. The molecular weight excluding hydrogens is 342 g/mol. The Morgan fingerprint density at radius 1 is 1.32 bits per heavy atom. The summed E-state index contributed by atoms with van der Waals surface area (Å²) < 4.78 is 34.1. The van der Waals surface area contributed by atoms with E-state index in [0.717, 1.165) is 24.8 Å². The second kappa shape index (κ2) is 8.67. The Kier molecular flexibility index (Phi) is 6.84. The highest BCUT2D eigenvalue weighted by molar-refractivity contribution is 7.87. The van der Waals surface area contributed by atoms with Crippen molar-refractivity contribution in [3.63, 3.8) is 0 Å². The van der Waals surface area contributed by atoms with Gasteiger partial charge in [-0.25, -0.2) is 0 Å². The van der Waals surface area contributed by atoms with Crippen LogP contribution < -0.4 is 4.18 Å². The first-order valence-corrected chi connectivity index (χ1v) is 10.1. The van der Waals surface area contributed by atoms with E-state index in [0.29, 0.717) is 19.7 Å². The predicted octanol–water partition coefficient (Wildman–Crippen LogP) is 2.58. The highest BCUT2D eigenvalue weighted by Gasteiger charge is 2.29. The van der Waals surface area contributed by atoms with Crippen molar-refractivity contribution in [2.75, 3.05) is 20.3 Å². The van der Waals surface area contributed by atoms with Crippen molar-refractivity contribution < 1.29 is 22.1 Å². The molecule has 1 aliphatic carbocycles. The molecule has 0 aliphatic heterocycles. The fourth-order valence-electron chi connectivity index (χ4n) is 2.53. The molecule has 1 aliphatic rings. The molecule has 1 amide bonds. The number of carbonyl (C=O) groups is 1. The predicted molar refractivity (Wildman–Crippen MR) is 95.8 cm³/mol. The molecule has 0 atom stereocenters. The van der Waals surface area contributed by atoms with Gasteiger partial charge in [0.2, 0.25) is 5.91 Å². The van der Waals surface area contributed by atoms with Crippen LogP contribution in [0.3, 0.4) is 0 Å². The van der Waals surface area contributed by atoms with Gasteiger partial charge in [0.05, 0.1) is 11.9 Å². The number of carbonyl (C=O) groups excluding carboxylic acids is 1. The van der Waals surface area contributed by atoms with Gasteiger partial charge in [0.15, 0.2) is 0 Å². The van der Waals surface area contributed by atoms with Crippen molar-refractivity contribution >= 4 is 16.0 Å². The summed E-state index contributed by atoms with van der Waals surface area (Å²) in [6.45, 7) is 4.54. The third-order valence-electron chi connectivity index (χ3n) is 4.39. The molecular formula is C18H27NO5S. The van der Waals surface area contributed by atoms with Crippen LogP contribution in [0, 0.1) is 5.92 Å². The molecule has 0 aromatic heterocycles. The minimum absolute atomic E-state index is 0.109. The summed E-state index contributed by atoms with van der Waals surface area (Å²) in [4.78, 5) is 14.4. The van der Waals surface area contributed by atoms with Crippen molar-refractivity contribution in [1.82, 2.24) is 4.90 Å². The minimum Gasteiger partial charge on any atom is -0.383 e. The summed E-state index contributed by atoms with van der Waals surface area (Å²) in [5.41, 5.74) is 0.834. The lowest BCUT2D eigenvalue weighted by Crippen LogP contribution is -2.40. The third kappa shape index (κ3) is 5.44. The molecule has 25 heavy (non-hydrogen) atoms. The third-order valence-corrected chi connectivity index (χ3v) is 5.97. The van der Waals surface area contributed by atoms with Gasteiger partial charge in [-0.15, -0.1) is 0 Å². The maximum atomic E-state index is 12.6. The lowest BCUT2D eigenvalue weighted by atomic mass is 9.84. The van der Waals surface area contributed by atoms with Crippen LogP contribution in [0.2, 0.25) is 0 Å². The van der Waals surface area contributed by atoms with Gasteiger partial charge in [-0.3, -0.25) is 4.79 Å². The van der Waals surface area contributed by atoms with Gasteiger partial charge in [0.25, 0.3) is 0 Å². The standard InChI is InChI=1S/C18H27NO5S/c1-14(2)25(21,22)24-17-9-4-6-15(12-17)13-19(10-11-23-3)18(20)16-7-5-8-16/h4,6,9,12,14,16H,5,7-8,10-11,13H2,1-3H3. The SMILES string of the molecule is COCCN(Cc1cccc(OS(=O)(=O)C(C)C)c1)C(=O)C1CCC1. The molecule has 2 rings (SSSR count). The average Bonchev–Trinajstić information content (AvgIpc) is 2.49. The van der Waals surface area contributed by atoms with E-state index in [2.05, 4.69) is 0 Å². The van der Waals surface area contributed by atoms with Gasteiger partial charge < -0.3 is 13.8 Å². The number of benzene rings is 1. The molecule has 1 aromatic carbocycles. The first-order chi connectivity index (χ1) is 11.8. The summed E-state index contributed by atoms with van der Waals surface area (Å²) >= 11 is 0. The smallest absolute Gasteiger partial charge is 0.311 e. The first kappa shape index (κ1) is 19.7. The van der Waals surface area contributed by atoms with E-state index in [-0.39, 0.29) is 17.6 Å². The molecule has 1 aromatic rings. The van der Waals surface area contributed by atoms with Crippen LogP contribution in [-0.2, 0) is 26.2 Å². The number of hydrogen-bond donors (Lipinski definition) is 0. The van der Waals surface area contributed by atoms with Gasteiger partial charge in [-0.05, 0) is 44.4 Å². The molecule has 0 unspecified atom stereocenters. The summed E-state index contributed by atoms with van der Waals surface area (Å²) in [5.74, 6) is 0.524. The Bertz CT molecular complexity index is 682. The van der Waals surface area contributed by atoms with Gasteiger partial charge in [-0.2, -0.15) is 8.42 Å². The van der Waals surface area contributed by atoms with Gasteiger partial charge in [-0.1, -0.05) is 18.6 Å². The van der Waals surface area contributed by atoms with Crippen molar-refractivity contribution in [3.05, 3.63) is 29.8 Å². The molecule has 140 valence electrons. The average molecular weight is 369 g/mol. The van der Waals surface area contributed by atoms with Crippen LogP contribution in [-0.4, -0.2) is 44.7 Å². The molecule has 0 radical (unpaired) electrons. The molecule has 1 fully saturated rings. The van der Waals surface area contributed by atoms with E-state index in [1.165, 1.54) is 0 Å². The van der Waals surface area contributed by atoms with Crippen LogP contribution >= 0.6 is 0 Å². The lowest BCUT2D eigenvalue weighted by molar-refractivity contribution is -0.139. The summed E-state index contributed by atoms with van der Waals surface area (Å²) in [6.07, 6.45) is 2.99. The monoisotopic (exact) mass is 369 g/mol. The molecule has 7 heteroatoms. The van der Waals surface area contributed by atoms with Crippen molar-refractivity contribution in [1.29, 1.82) is 0 Å². The van der Waals surface area contributed by atoms with E-state index in [4.69, 9.17) is 8.92 Å². The van der Waals surface area contributed by atoms with E-state index in [1.54, 1.807) is 44.1 Å². The number of nitrogens with zero attached hydrogens (tertiary/aromatic N) is 1. The van der Waals surface area contributed by atoms with Gasteiger partial charge >= 0.3 is 10.1 Å². The minimum atomic E-state index is -3.64. The van der Waals surface area contributed by atoms with Crippen molar-refractivity contribution in [2.45, 2.75) is 44.9 Å². The number of amides is 1. The Labute approximate surface area is 150 Å². The molecule has 6 nitrogen and oxygen atoms in total. The van der Waals surface area contributed by atoms with E-state index < -0.39 is 15.4 Å². The number of methoxy groups -OCH3 is 1. The Balaban J connectivity index is 2.10. The zero-order valence-electron chi connectivity index (χ0n) is 15.1. The van der Waals surface area contributed by atoms with Gasteiger partial charge in [0, 0.05) is 26.1 Å². The fraction of sp³-hybridized carbons (Fsp3) is 0.611. The number of hydrogen-bond acceptors (Lipinski definition) is 5. The fourth-order valence-corrected chi connectivity index (χ4v) is 3.09. The van der Waals surface area contributed by atoms with Crippen LogP contribution in [0.15, 0.2) is 24.3 Å². The van der Waals surface area contributed by atoms with Crippen molar-refractivity contribution in [2.24, 2.45) is 5.92 Å². The number of rotatable bonds is 9. The molecule has 0 spiro atoms. The van der Waals surface area contributed by atoms with Crippen molar-refractivity contribution in [3.8, 4) is 5.75 Å². The zero-order valence-corrected chi connectivity index (χ0v) is 15.9. The Morgan fingerprint density at radius 2 is 2.04 bits per heavy atom. The molecule has 0 N–H and O–H groups in total. The summed E-state index contributed by atoms with van der Waals surface area (Å²) in [5, 5.41) is -0.616. The molecule has 0 heterocycles. The van der Waals surface area contributed by atoms with E-state index in [9.17, 15) is 13.2 Å². The van der Waals surface area contributed by atoms with Crippen LogP contribution in [0.5, 0.6) is 5.75 Å². The number of ether oxygens (including phenoxy) is 1. The highest BCUT2D eigenvalue weighted by atomic mass is 32.2. The second-order valence-corrected chi connectivity index (χ2v) is 8.75. The molecule has 0 bridgehead atoms. The maximum Gasteiger partial charge on any atom is 0.311 e. The van der Waals surface area contributed by atoms with E-state index in [1.807, 2.05) is 6.07 Å². The topological polar surface area (TPSA) is 72.9 Å². The zero-order chi connectivity index (χ0) is 18.4. The second-order valence-electron chi connectivity index (χ2n) is 6.65. The maximum absolute atomic E-state index is 12.6.